The molecule has 1 saturated carbocycles. The molecule has 1 amide bonds. The Hall–Kier alpha value is -1.93. The van der Waals surface area contributed by atoms with E-state index in [9.17, 15) is 22.8 Å². The van der Waals surface area contributed by atoms with Crippen molar-refractivity contribution >= 4 is 11.7 Å². The lowest BCUT2D eigenvalue weighted by atomic mass is 9.94. The Labute approximate surface area is 167 Å². The Morgan fingerprint density at radius 1 is 1.07 bits per heavy atom. The molecule has 0 spiro atoms. The lowest BCUT2D eigenvalue weighted by Crippen LogP contribution is -2.43. The first-order chi connectivity index (χ1) is 13.8. The molecule has 4 rings (SSSR count). The third-order valence-electron chi connectivity index (χ3n) is 6.21. The number of ether oxygens (including phenoxy) is 1. The zero-order valence-electron chi connectivity index (χ0n) is 16.1. The van der Waals surface area contributed by atoms with E-state index in [2.05, 4.69) is 5.32 Å². The summed E-state index contributed by atoms with van der Waals surface area (Å²) in [7, 11) is 0. The molecule has 0 bridgehead atoms. The molecule has 0 aromatic heterocycles. The molecule has 3 aliphatic rings. The van der Waals surface area contributed by atoms with Gasteiger partial charge in [0, 0.05) is 43.3 Å². The number of benzene rings is 1. The molecule has 1 aromatic carbocycles. The van der Waals surface area contributed by atoms with Crippen LogP contribution in [0.25, 0.3) is 0 Å². The number of amides is 1. The number of halogens is 3. The number of hydrogen-bond donors (Lipinski definition) is 1. The molecule has 5 nitrogen and oxygen atoms in total. The fraction of sp³-hybridized carbons (Fsp3) is 0.619. The predicted molar refractivity (Wildman–Crippen MR) is 99.3 cm³/mol. The van der Waals surface area contributed by atoms with Crippen LogP contribution >= 0.6 is 0 Å². The summed E-state index contributed by atoms with van der Waals surface area (Å²) in [6.45, 7) is 1.49. The second-order valence-electron chi connectivity index (χ2n) is 8.25. The molecule has 1 saturated heterocycles. The normalized spacial score (nSPS) is 25.9. The number of carbonyl (C=O) groups excluding carboxylic acids is 2. The lowest BCUT2D eigenvalue weighted by Gasteiger charge is -2.31. The van der Waals surface area contributed by atoms with Crippen LogP contribution in [0.15, 0.2) is 18.2 Å². The van der Waals surface area contributed by atoms with Crippen LogP contribution in [0.4, 0.5) is 13.2 Å². The van der Waals surface area contributed by atoms with E-state index in [0.717, 1.165) is 51.0 Å². The minimum Gasteiger partial charge on any atom is -0.381 e. The molecule has 2 fully saturated rings. The minimum absolute atomic E-state index is 0.0540. The van der Waals surface area contributed by atoms with Crippen LogP contribution in [0, 0.1) is 5.92 Å². The molecule has 2 heterocycles. The van der Waals surface area contributed by atoms with Gasteiger partial charge in [0.25, 0.3) is 0 Å². The maximum atomic E-state index is 13.0. The number of fused-ring (bicyclic) bond motifs is 1. The number of hydrogen-bond acceptors (Lipinski definition) is 4. The largest absolute Gasteiger partial charge is 0.416 e. The molecule has 1 N–H and O–H groups in total. The smallest absolute Gasteiger partial charge is 0.381 e. The average molecular weight is 410 g/mol. The monoisotopic (exact) mass is 410 g/mol. The molecular formula is C21H25F3N2O3. The van der Waals surface area contributed by atoms with Gasteiger partial charge in [0.1, 0.15) is 0 Å². The van der Waals surface area contributed by atoms with Crippen molar-refractivity contribution in [2.75, 3.05) is 19.8 Å². The molecule has 2 aliphatic heterocycles. The highest BCUT2D eigenvalue weighted by Crippen LogP contribution is 2.34. The first-order valence-electron chi connectivity index (χ1n) is 10.2. The van der Waals surface area contributed by atoms with Gasteiger partial charge in [-0.2, -0.15) is 13.2 Å². The Morgan fingerprint density at radius 2 is 1.83 bits per heavy atom. The number of rotatable bonds is 3. The summed E-state index contributed by atoms with van der Waals surface area (Å²) in [5.41, 5.74) is -0.230. The molecular weight excluding hydrogens is 385 g/mol. The molecule has 1 aliphatic carbocycles. The van der Waals surface area contributed by atoms with Crippen LogP contribution in [-0.2, 0) is 22.3 Å². The molecule has 0 radical (unpaired) electrons. The fourth-order valence-electron chi connectivity index (χ4n) is 4.66. The Bertz CT molecular complexity index is 790. The summed E-state index contributed by atoms with van der Waals surface area (Å²) in [5, 5.41) is 3.61. The van der Waals surface area contributed by atoms with Gasteiger partial charge in [-0.05, 0) is 49.8 Å². The molecule has 2 atom stereocenters. The van der Waals surface area contributed by atoms with Gasteiger partial charge in [0.05, 0.1) is 12.1 Å². The van der Waals surface area contributed by atoms with Crippen LogP contribution in [0.3, 0.4) is 0 Å². The number of nitrogens with one attached hydrogen (secondary N) is 1. The number of nitrogens with zero attached hydrogens (tertiary/aromatic N) is 1. The summed E-state index contributed by atoms with van der Waals surface area (Å²) < 4.78 is 44.4. The highest BCUT2D eigenvalue weighted by atomic mass is 19.4. The van der Waals surface area contributed by atoms with Crippen molar-refractivity contribution in [3.63, 3.8) is 0 Å². The topological polar surface area (TPSA) is 58.6 Å². The first kappa shape index (κ1) is 20.3. The van der Waals surface area contributed by atoms with Crippen molar-refractivity contribution in [1.82, 2.24) is 10.2 Å². The van der Waals surface area contributed by atoms with E-state index in [0.29, 0.717) is 12.5 Å². The second kappa shape index (κ2) is 8.07. The molecule has 1 aromatic rings. The number of ketones is 1. The van der Waals surface area contributed by atoms with Gasteiger partial charge in [-0.15, -0.1) is 0 Å². The van der Waals surface area contributed by atoms with Crippen molar-refractivity contribution in [2.45, 2.75) is 56.9 Å². The Kier molecular flexibility index (Phi) is 5.66. The molecule has 1 unspecified atom stereocenters. The van der Waals surface area contributed by atoms with Gasteiger partial charge < -0.3 is 15.0 Å². The van der Waals surface area contributed by atoms with Crippen LogP contribution in [0.2, 0.25) is 0 Å². The number of Topliss-reactive ketones (excluding diaryl/α,β-unsaturated/α-hetero) is 1. The SMILES string of the molecule is O=C1CN(C(=O)[C@H]2CCC(NC3CCOCC3)C2)Cc2cc(C(F)(F)F)ccc21. The highest BCUT2D eigenvalue weighted by molar-refractivity contribution is 6.02. The Balaban J connectivity index is 1.40. The van der Waals surface area contributed by atoms with E-state index >= 15 is 0 Å². The molecule has 158 valence electrons. The number of alkyl halides is 3. The van der Waals surface area contributed by atoms with Crippen LogP contribution in [0.1, 0.15) is 53.6 Å². The van der Waals surface area contributed by atoms with E-state index in [4.69, 9.17) is 4.74 Å². The van der Waals surface area contributed by atoms with Gasteiger partial charge in [-0.1, -0.05) is 6.07 Å². The van der Waals surface area contributed by atoms with Crippen LogP contribution in [0.5, 0.6) is 0 Å². The lowest BCUT2D eigenvalue weighted by molar-refractivity contribution is -0.137. The summed E-state index contributed by atoms with van der Waals surface area (Å²) in [6, 6.07) is 3.82. The third-order valence-corrected chi connectivity index (χ3v) is 6.21. The molecule has 29 heavy (non-hydrogen) atoms. The third kappa shape index (κ3) is 4.48. The zero-order chi connectivity index (χ0) is 20.6. The quantitative estimate of drug-likeness (QED) is 0.832. The minimum atomic E-state index is -4.47. The van der Waals surface area contributed by atoms with E-state index < -0.39 is 11.7 Å². The summed E-state index contributed by atoms with van der Waals surface area (Å²) in [4.78, 5) is 26.8. The van der Waals surface area contributed by atoms with Crippen molar-refractivity contribution in [1.29, 1.82) is 0 Å². The maximum Gasteiger partial charge on any atom is 0.416 e. The summed E-state index contributed by atoms with van der Waals surface area (Å²) >= 11 is 0. The fourth-order valence-corrected chi connectivity index (χ4v) is 4.66. The average Bonchev–Trinajstić information content (AvgIpc) is 3.15. The predicted octanol–water partition coefficient (Wildman–Crippen LogP) is 3.17. The molecule has 8 heteroatoms. The maximum absolute atomic E-state index is 13.0. The van der Waals surface area contributed by atoms with Crippen molar-refractivity contribution in [3.05, 3.63) is 34.9 Å². The van der Waals surface area contributed by atoms with Gasteiger partial charge in [-0.3, -0.25) is 9.59 Å². The Morgan fingerprint density at radius 3 is 2.55 bits per heavy atom. The van der Waals surface area contributed by atoms with E-state index in [1.165, 1.54) is 11.0 Å². The first-order valence-corrected chi connectivity index (χ1v) is 10.2. The van der Waals surface area contributed by atoms with Gasteiger partial charge in [0.2, 0.25) is 5.91 Å². The highest BCUT2D eigenvalue weighted by Gasteiger charge is 2.37. The van der Waals surface area contributed by atoms with Gasteiger partial charge in [-0.25, -0.2) is 0 Å². The zero-order valence-corrected chi connectivity index (χ0v) is 16.1. The number of carbonyl (C=O) groups is 2. The van der Waals surface area contributed by atoms with Crippen molar-refractivity contribution in [3.8, 4) is 0 Å². The van der Waals surface area contributed by atoms with E-state index in [-0.39, 0.29) is 47.9 Å². The standard InChI is InChI=1S/C21H25F3N2O3/c22-21(23,24)15-2-4-18-14(9-15)11-26(12-19(18)27)20(28)13-1-3-17(10-13)25-16-5-7-29-8-6-16/h2,4,9,13,16-17,25H,1,3,5-8,10-12H2/t13-,17?/m0/s1. The van der Waals surface area contributed by atoms with Crippen LogP contribution in [-0.4, -0.2) is 48.4 Å². The summed E-state index contributed by atoms with van der Waals surface area (Å²) in [5.74, 6) is -0.617. The van der Waals surface area contributed by atoms with Crippen LogP contribution < -0.4 is 5.32 Å². The van der Waals surface area contributed by atoms with Crippen molar-refractivity contribution in [2.24, 2.45) is 5.92 Å². The van der Waals surface area contributed by atoms with Gasteiger partial charge in [0.15, 0.2) is 5.78 Å². The van der Waals surface area contributed by atoms with Crippen molar-refractivity contribution < 1.29 is 27.5 Å². The van der Waals surface area contributed by atoms with Gasteiger partial charge >= 0.3 is 6.18 Å². The van der Waals surface area contributed by atoms with E-state index in [1.54, 1.807) is 0 Å². The second-order valence-corrected chi connectivity index (χ2v) is 8.25. The van der Waals surface area contributed by atoms with E-state index in [1.807, 2.05) is 0 Å². The summed E-state index contributed by atoms with van der Waals surface area (Å²) in [6.07, 6.45) is -0.207.